The predicted molar refractivity (Wildman–Crippen MR) is 106 cm³/mol. The molecule has 30 heavy (non-hydrogen) atoms. The zero-order valence-electron chi connectivity index (χ0n) is 16.9. The molecule has 9 nitrogen and oxygen atoms in total. The summed E-state index contributed by atoms with van der Waals surface area (Å²) >= 11 is 0. The number of rotatable bonds is 9. The molecule has 162 valence electrons. The van der Waals surface area contributed by atoms with Crippen molar-refractivity contribution in [3.05, 3.63) is 35.4 Å². The lowest BCUT2D eigenvalue weighted by molar-refractivity contribution is -0.144. The van der Waals surface area contributed by atoms with Gasteiger partial charge in [-0.15, -0.1) is 0 Å². The van der Waals surface area contributed by atoms with Crippen LogP contribution in [0.15, 0.2) is 24.3 Å². The highest BCUT2D eigenvalue weighted by atomic mass is 16.4. The Morgan fingerprint density at radius 3 is 2.53 bits per heavy atom. The number of aliphatic hydroxyl groups is 1. The lowest BCUT2D eigenvalue weighted by atomic mass is 9.95. The molecule has 0 aromatic heterocycles. The van der Waals surface area contributed by atoms with E-state index in [1.54, 1.807) is 4.90 Å². The minimum absolute atomic E-state index is 0.114. The van der Waals surface area contributed by atoms with Gasteiger partial charge in [-0.25, -0.2) is 9.59 Å². The van der Waals surface area contributed by atoms with Gasteiger partial charge in [-0.05, 0) is 30.9 Å². The molecule has 3 unspecified atom stereocenters. The molecule has 2 aliphatic heterocycles. The second-order valence-electron chi connectivity index (χ2n) is 7.82. The molecule has 1 saturated heterocycles. The first-order chi connectivity index (χ1) is 14.3. The number of nitrogens with zero attached hydrogens (tertiary/aromatic N) is 2. The summed E-state index contributed by atoms with van der Waals surface area (Å²) in [6.45, 7) is 2.04. The van der Waals surface area contributed by atoms with Crippen LogP contribution in [0.1, 0.15) is 43.7 Å². The third-order valence-corrected chi connectivity index (χ3v) is 5.63. The van der Waals surface area contributed by atoms with E-state index in [9.17, 15) is 24.3 Å². The minimum atomic E-state index is -1.33. The van der Waals surface area contributed by atoms with Crippen LogP contribution in [0.4, 0.5) is 4.79 Å². The van der Waals surface area contributed by atoms with Gasteiger partial charge in [-0.2, -0.15) is 0 Å². The summed E-state index contributed by atoms with van der Waals surface area (Å²) in [5, 5.41) is 20.6. The van der Waals surface area contributed by atoms with Crippen LogP contribution in [0.2, 0.25) is 0 Å². The molecule has 0 saturated carbocycles. The van der Waals surface area contributed by atoms with Gasteiger partial charge in [0.15, 0.2) is 6.04 Å². The van der Waals surface area contributed by atoms with Gasteiger partial charge in [0.05, 0.1) is 6.10 Å². The Hall–Kier alpha value is -2.94. The summed E-state index contributed by atoms with van der Waals surface area (Å²) < 4.78 is 0. The molecule has 4 amide bonds. The number of carboxylic acids is 1. The Balaban J connectivity index is 1.43. The van der Waals surface area contributed by atoms with E-state index in [-0.39, 0.29) is 18.4 Å². The quantitative estimate of drug-likeness (QED) is 0.404. The number of aliphatic hydroxyl groups excluding tert-OH is 1. The van der Waals surface area contributed by atoms with Gasteiger partial charge >= 0.3 is 12.0 Å². The maximum Gasteiger partial charge on any atom is 0.328 e. The molecule has 1 aromatic carbocycles. The molecule has 2 heterocycles. The van der Waals surface area contributed by atoms with Gasteiger partial charge < -0.3 is 20.4 Å². The third-order valence-electron chi connectivity index (χ3n) is 5.63. The van der Waals surface area contributed by atoms with Gasteiger partial charge in [0.2, 0.25) is 5.91 Å². The SMILES string of the molecule is CC(O)C(NC(=O)CCCCCN1C(=O)C2Cc3ccccc3CN2C1=O)C(=O)O. The average Bonchev–Trinajstić information content (AvgIpc) is 2.93. The molecule has 3 atom stereocenters. The Morgan fingerprint density at radius 2 is 1.87 bits per heavy atom. The lowest BCUT2D eigenvalue weighted by Crippen LogP contribution is -2.47. The van der Waals surface area contributed by atoms with Crippen molar-refractivity contribution in [2.24, 2.45) is 0 Å². The number of carbonyl (C=O) groups is 4. The largest absolute Gasteiger partial charge is 0.480 e. The fourth-order valence-electron chi connectivity index (χ4n) is 3.95. The number of hydrogen-bond donors (Lipinski definition) is 3. The van der Waals surface area contributed by atoms with Crippen molar-refractivity contribution in [2.45, 2.75) is 63.8 Å². The van der Waals surface area contributed by atoms with Crippen molar-refractivity contribution in [1.82, 2.24) is 15.1 Å². The van der Waals surface area contributed by atoms with Crippen LogP contribution in [0.25, 0.3) is 0 Å². The monoisotopic (exact) mass is 417 g/mol. The van der Waals surface area contributed by atoms with Crippen LogP contribution in [0.5, 0.6) is 0 Å². The van der Waals surface area contributed by atoms with Crippen LogP contribution in [0, 0.1) is 0 Å². The summed E-state index contributed by atoms with van der Waals surface area (Å²) in [6, 6.07) is 5.79. The highest BCUT2D eigenvalue weighted by molar-refractivity contribution is 6.04. The zero-order chi connectivity index (χ0) is 21.8. The van der Waals surface area contributed by atoms with Gasteiger partial charge in [0.25, 0.3) is 5.91 Å². The Morgan fingerprint density at radius 1 is 1.17 bits per heavy atom. The molecule has 0 bridgehead atoms. The number of imide groups is 1. The fraction of sp³-hybridized carbons (Fsp3) is 0.524. The standard InChI is InChI=1S/C21H27N3O6/c1-13(25)18(20(28)29)22-17(26)9-3-2-6-10-23-19(27)16-11-14-7-4-5-8-15(14)12-24(16)21(23)30/h4-5,7-8,13,16,18,25H,2-3,6,9-12H2,1H3,(H,22,26)(H,28,29). The van der Waals surface area contributed by atoms with E-state index < -0.39 is 30.1 Å². The molecular formula is C21H27N3O6. The van der Waals surface area contributed by atoms with Crippen LogP contribution < -0.4 is 5.32 Å². The number of urea groups is 1. The predicted octanol–water partition coefficient (Wildman–Crippen LogP) is 0.886. The second-order valence-corrected chi connectivity index (χ2v) is 7.82. The summed E-state index contributed by atoms with van der Waals surface area (Å²) in [5.41, 5.74) is 2.17. The third kappa shape index (κ3) is 4.62. The maximum absolute atomic E-state index is 12.7. The molecule has 3 N–H and O–H groups in total. The first kappa shape index (κ1) is 21.8. The highest BCUT2D eigenvalue weighted by Gasteiger charge is 2.46. The number of aliphatic carboxylic acids is 1. The van der Waals surface area contributed by atoms with Gasteiger partial charge in [-0.1, -0.05) is 30.7 Å². The fourth-order valence-corrected chi connectivity index (χ4v) is 3.95. The summed E-state index contributed by atoms with van der Waals surface area (Å²) in [6.07, 6.45) is 1.13. The molecular weight excluding hydrogens is 390 g/mol. The summed E-state index contributed by atoms with van der Waals surface area (Å²) in [7, 11) is 0. The normalized spacial score (nSPS) is 19.9. The molecule has 0 aliphatic carbocycles. The van der Waals surface area contributed by atoms with E-state index in [1.165, 1.54) is 11.8 Å². The molecule has 9 heteroatoms. The first-order valence-electron chi connectivity index (χ1n) is 10.2. The van der Waals surface area contributed by atoms with E-state index in [1.807, 2.05) is 24.3 Å². The van der Waals surface area contributed by atoms with Crippen LogP contribution in [-0.2, 0) is 27.3 Å². The van der Waals surface area contributed by atoms with Gasteiger partial charge in [0.1, 0.15) is 6.04 Å². The Kier molecular flexibility index (Phi) is 6.71. The number of carboxylic acid groups (broad SMARTS) is 1. The Bertz CT molecular complexity index is 797. The number of amides is 4. The number of benzene rings is 1. The van der Waals surface area contributed by atoms with Crippen molar-refractivity contribution in [2.75, 3.05) is 6.54 Å². The van der Waals surface area contributed by atoms with E-state index in [0.717, 1.165) is 11.1 Å². The van der Waals surface area contributed by atoms with E-state index in [0.29, 0.717) is 38.8 Å². The van der Waals surface area contributed by atoms with E-state index >= 15 is 0 Å². The highest BCUT2D eigenvalue weighted by Crippen LogP contribution is 2.30. The van der Waals surface area contributed by atoms with Crippen LogP contribution in [0.3, 0.4) is 0 Å². The smallest absolute Gasteiger partial charge is 0.328 e. The zero-order valence-corrected chi connectivity index (χ0v) is 16.9. The van der Waals surface area contributed by atoms with Gasteiger partial charge in [0, 0.05) is 25.9 Å². The van der Waals surface area contributed by atoms with Crippen molar-refractivity contribution >= 4 is 23.8 Å². The molecule has 0 spiro atoms. The summed E-state index contributed by atoms with van der Waals surface area (Å²) in [5.74, 6) is -1.91. The maximum atomic E-state index is 12.7. The van der Waals surface area contributed by atoms with Crippen molar-refractivity contribution in [1.29, 1.82) is 0 Å². The number of unbranched alkanes of at least 4 members (excludes halogenated alkanes) is 2. The van der Waals surface area contributed by atoms with Crippen molar-refractivity contribution in [3.63, 3.8) is 0 Å². The molecule has 3 rings (SSSR count). The number of nitrogens with one attached hydrogen (secondary N) is 1. The van der Waals surface area contributed by atoms with E-state index in [4.69, 9.17) is 5.11 Å². The van der Waals surface area contributed by atoms with Crippen molar-refractivity contribution < 1.29 is 29.4 Å². The second kappa shape index (κ2) is 9.25. The van der Waals surface area contributed by atoms with E-state index in [2.05, 4.69) is 5.32 Å². The van der Waals surface area contributed by atoms with Gasteiger partial charge in [-0.3, -0.25) is 14.5 Å². The number of fused-ring (bicyclic) bond motifs is 2. The average molecular weight is 417 g/mol. The molecule has 0 radical (unpaired) electrons. The minimum Gasteiger partial charge on any atom is -0.480 e. The first-order valence-corrected chi connectivity index (χ1v) is 10.2. The van der Waals surface area contributed by atoms with Crippen molar-refractivity contribution in [3.8, 4) is 0 Å². The Labute approximate surface area is 174 Å². The molecule has 1 fully saturated rings. The molecule has 2 aliphatic rings. The number of hydrogen-bond acceptors (Lipinski definition) is 5. The van der Waals surface area contributed by atoms with Crippen LogP contribution in [-0.4, -0.2) is 68.6 Å². The van der Waals surface area contributed by atoms with Crippen LogP contribution >= 0.6 is 0 Å². The number of carbonyl (C=O) groups excluding carboxylic acids is 3. The molecule has 1 aromatic rings. The summed E-state index contributed by atoms with van der Waals surface area (Å²) in [4.78, 5) is 51.1. The lowest BCUT2D eigenvalue weighted by Gasteiger charge is -2.28. The topological polar surface area (TPSA) is 127 Å².